The third-order valence-electron chi connectivity index (χ3n) is 3.30. The van der Waals surface area contributed by atoms with E-state index in [4.69, 9.17) is 0 Å². The SMILES string of the molecule is Cc1cc(C)cc(-n2nnc(C(=O)O)c2CSc2ncccn2)c1. The molecule has 1 aromatic carbocycles. The topological polar surface area (TPSA) is 93.8 Å². The fraction of sp³-hybridized carbons (Fsp3) is 0.188. The van der Waals surface area contributed by atoms with Crippen LogP contribution in [-0.4, -0.2) is 36.0 Å². The maximum absolute atomic E-state index is 11.5. The molecule has 0 unspecified atom stereocenters. The van der Waals surface area contributed by atoms with E-state index in [0.29, 0.717) is 16.6 Å². The summed E-state index contributed by atoms with van der Waals surface area (Å²) in [5, 5.41) is 17.8. The van der Waals surface area contributed by atoms with Crippen molar-refractivity contribution in [1.29, 1.82) is 0 Å². The number of rotatable bonds is 5. The van der Waals surface area contributed by atoms with Crippen molar-refractivity contribution in [1.82, 2.24) is 25.0 Å². The molecule has 0 saturated heterocycles. The number of aromatic nitrogens is 5. The molecule has 24 heavy (non-hydrogen) atoms. The number of thioether (sulfide) groups is 1. The number of carbonyl (C=O) groups is 1. The molecule has 2 aromatic heterocycles. The van der Waals surface area contributed by atoms with E-state index in [2.05, 4.69) is 20.3 Å². The van der Waals surface area contributed by atoms with Crippen LogP contribution in [0.5, 0.6) is 0 Å². The molecule has 0 fully saturated rings. The minimum Gasteiger partial charge on any atom is -0.476 e. The largest absolute Gasteiger partial charge is 0.476 e. The monoisotopic (exact) mass is 341 g/mol. The number of hydrogen-bond donors (Lipinski definition) is 1. The van der Waals surface area contributed by atoms with Gasteiger partial charge in [0.1, 0.15) is 0 Å². The van der Waals surface area contributed by atoms with Crippen LogP contribution >= 0.6 is 11.8 Å². The zero-order valence-corrected chi connectivity index (χ0v) is 14.0. The predicted octanol–water partition coefficient (Wildman–Crippen LogP) is 2.66. The van der Waals surface area contributed by atoms with Crippen molar-refractivity contribution in [3.63, 3.8) is 0 Å². The second-order valence-electron chi connectivity index (χ2n) is 5.27. The lowest BCUT2D eigenvalue weighted by Gasteiger charge is -2.08. The Hall–Kier alpha value is -2.74. The Bertz CT molecular complexity index is 859. The summed E-state index contributed by atoms with van der Waals surface area (Å²) >= 11 is 1.34. The Balaban J connectivity index is 1.99. The molecule has 0 spiro atoms. The van der Waals surface area contributed by atoms with E-state index in [1.165, 1.54) is 11.8 Å². The second-order valence-corrected chi connectivity index (χ2v) is 6.21. The number of aromatic carboxylic acids is 1. The van der Waals surface area contributed by atoms with Crippen LogP contribution < -0.4 is 0 Å². The highest BCUT2D eigenvalue weighted by molar-refractivity contribution is 7.98. The van der Waals surface area contributed by atoms with Gasteiger partial charge in [-0.05, 0) is 43.2 Å². The van der Waals surface area contributed by atoms with Gasteiger partial charge in [-0.15, -0.1) is 5.10 Å². The van der Waals surface area contributed by atoms with Gasteiger partial charge in [0.25, 0.3) is 0 Å². The fourth-order valence-electron chi connectivity index (χ4n) is 2.37. The van der Waals surface area contributed by atoms with Crippen LogP contribution in [0.3, 0.4) is 0 Å². The number of carboxylic acid groups (broad SMARTS) is 1. The zero-order chi connectivity index (χ0) is 17.1. The van der Waals surface area contributed by atoms with Crippen molar-refractivity contribution in [3.05, 3.63) is 59.2 Å². The lowest BCUT2D eigenvalue weighted by atomic mass is 10.1. The molecular weight excluding hydrogens is 326 g/mol. The Morgan fingerprint density at radius 2 is 1.83 bits per heavy atom. The first-order valence-electron chi connectivity index (χ1n) is 7.21. The molecule has 0 bridgehead atoms. The van der Waals surface area contributed by atoms with E-state index in [1.807, 2.05) is 32.0 Å². The number of carboxylic acids is 1. The molecule has 122 valence electrons. The predicted molar refractivity (Wildman–Crippen MR) is 89.4 cm³/mol. The highest BCUT2D eigenvalue weighted by Crippen LogP contribution is 2.23. The average Bonchev–Trinajstić information content (AvgIpc) is 2.97. The summed E-state index contributed by atoms with van der Waals surface area (Å²) in [5.41, 5.74) is 3.38. The van der Waals surface area contributed by atoms with E-state index in [1.54, 1.807) is 23.1 Å². The van der Waals surface area contributed by atoms with Gasteiger partial charge >= 0.3 is 5.97 Å². The van der Waals surface area contributed by atoms with Crippen molar-refractivity contribution in [2.24, 2.45) is 0 Å². The number of nitrogens with zero attached hydrogens (tertiary/aromatic N) is 5. The van der Waals surface area contributed by atoms with Gasteiger partial charge in [-0.25, -0.2) is 19.4 Å². The van der Waals surface area contributed by atoms with E-state index < -0.39 is 5.97 Å². The van der Waals surface area contributed by atoms with Gasteiger partial charge in [0, 0.05) is 18.1 Å². The highest BCUT2D eigenvalue weighted by Gasteiger charge is 2.20. The summed E-state index contributed by atoms with van der Waals surface area (Å²) in [4.78, 5) is 19.7. The summed E-state index contributed by atoms with van der Waals surface area (Å²) in [6.07, 6.45) is 3.29. The van der Waals surface area contributed by atoms with Gasteiger partial charge in [0.15, 0.2) is 10.9 Å². The van der Waals surface area contributed by atoms with E-state index in [9.17, 15) is 9.90 Å². The lowest BCUT2D eigenvalue weighted by molar-refractivity contribution is 0.0689. The molecule has 7 nitrogen and oxygen atoms in total. The summed E-state index contributed by atoms with van der Waals surface area (Å²) in [6, 6.07) is 7.67. The Labute approximate surface area is 142 Å². The van der Waals surface area contributed by atoms with Crippen LogP contribution in [0.2, 0.25) is 0 Å². The molecule has 0 aliphatic carbocycles. The molecule has 3 rings (SSSR count). The van der Waals surface area contributed by atoms with Crippen LogP contribution in [0.4, 0.5) is 0 Å². The molecule has 0 aliphatic heterocycles. The van der Waals surface area contributed by atoms with E-state index >= 15 is 0 Å². The maximum atomic E-state index is 11.5. The van der Waals surface area contributed by atoms with Gasteiger partial charge in [0.2, 0.25) is 0 Å². The normalized spacial score (nSPS) is 10.8. The molecule has 2 heterocycles. The Morgan fingerprint density at radius 1 is 1.17 bits per heavy atom. The summed E-state index contributed by atoms with van der Waals surface area (Å²) < 4.78 is 1.57. The minimum atomic E-state index is -1.10. The quantitative estimate of drug-likeness (QED) is 0.563. The molecule has 0 radical (unpaired) electrons. The fourth-order valence-corrected chi connectivity index (χ4v) is 3.17. The first kappa shape index (κ1) is 16.1. The van der Waals surface area contributed by atoms with Crippen LogP contribution in [-0.2, 0) is 5.75 Å². The van der Waals surface area contributed by atoms with Gasteiger partial charge in [-0.1, -0.05) is 23.0 Å². The third kappa shape index (κ3) is 3.43. The maximum Gasteiger partial charge on any atom is 0.358 e. The molecular formula is C16H15N5O2S. The lowest BCUT2D eigenvalue weighted by Crippen LogP contribution is -2.06. The van der Waals surface area contributed by atoms with E-state index in [0.717, 1.165) is 16.8 Å². The molecule has 0 aliphatic rings. The smallest absolute Gasteiger partial charge is 0.358 e. The zero-order valence-electron chi connectivity index (χ0n) is 13.2. The molecule has 0 amide bonds. The van der Waals surface area contributed by atoms with Gasteiger partial charge in [0.05, 0.1) is 11.4 Å². The first-order valence-corrected chi connectivity index (χ1v) is 8.19. The standard InChI is InChI=1S/C16H15N5O2S/c1-10-6-11(2)8-12(7-10)21-13(14(15(22)23)19-20-21)9-24-16-17-4-3-5-18-16/h3-8H,9H2,1-2H3,(H,22,23). The van der Waals surface area contributed by atoms with Crippen molar-refractivity contribution in [3.8, 4) is 5.69 Å². The van der Waals surface area contributed by atoms with Gasteiger partial charge < -0.3 is 5.11 Å². The van der Waals surface area contributed by atoms with E-state index in [-0.39, 0.29) is 5.69 Å². The Kier molecular flexibility index (Phi) is 4.57. The molecule has 0 saturated carbocycles. The number of benzene rings is 1. The van der Waals surface area contributed by atoms with Crippen molar-refractivity contribution in [2.75, 3.05) is 0 Å². The molecule has 1 N–H and O–H groups in total. The molecule has 0 atom stereocenters. The van der Waals surface area contributed by atoms with Crippen LogP contribution in [0.25, 0.3) is 5.69 Å². The Morgan fingerprint density at radius 3 is 2.46 bits per heavy atom. The van der Waals surface area contributed by atoms with Crippen LogP contribution in [0.15, 0.2) is 41.8 Å². The van der Waals surface area contributed by atoms with Gasteiger partial charge in [-0.3, -0.25) is 0 Å². The third-order valence-corrected chi connectivity index (χ3v) is 4.18. The average molecular weight is 341 g/mol. The first-order chi connectivity index (χ1) is 11.5. The van der Waals surface area contributed by atoms with Crippen molar-refractivity contribution >= 4 is 17.7 Å². The summed E-state index contributed by atoms with van der Waals surface area (Å²) in [5.74, 6) is -0.749. The van der Waals surface area contributed by atoms with Crippen molar-refractivity contribution < 1.29 is 9.90 Å². The molecule has 8 heteroatoms. The van der Waals surface area contributed by atoms with Gasteiger partial charge in [-0.2, -0.15) is 0 Å². The second kappa shape index (κ2) is 6.79. The minimum absolute atomic E-state index is 0.0578. The number of aryl methyl sites for hydroxylation is 2. The summed E-state index contributed by atoms with van der Waals surface area (Å²) in [6.45, 7) is 3.97. The van der Waals surface area contributed by atoms with Crippen molar-refractivity contribution in [2.45, 2.75) is 24.8 Å². The molecule has 3 aromatic rings. The summed E-state index contributed by atoms with van der Waals surface area (Å²) in [7, 11) is 0. The highest BCUT2D eigenvalue weighted by atomic mass is 32.2. The van der Waals surface area contributed by atoms with Crippen LogP contribution in [0, 0.1) is 13.8 Å². The van der Waals surface area contributed by atoms with Crippen LogP contribution in [0.1, 0.15) is 27.3 Å². The number of hydrogen-bond acceptors (Lipinski definition) is 6.